The molecule has 0 aromatic carbocycles. The van der Waals surface area contributed by atoms with Gasteiger partial charge in [-0.1, -0.05) is 0 Å². The van der Waals surface area contributed by atoms with Gasteiger partial charge in [0.1, 0.15) is 0 Å². The molecule has 0 aliphatic heterocycles. The van der Waals surface area contributed by atoms with E-state index >= 15 is 0 Å². The molecule has 0 fully saturated rings. The number of hydrogen-bond acceptors (Lipinski definition) is 3. The molecule has 1 rings (SSSR count). The quantitative estimate of drug-likeness (QED) is 0.494. The molecule has 0 amide bonds. The maximum atomic E-state index is 12.4. The zero-order valence-corrected chi connectivity index (χ0v) is 5.31. The van der Waals surface area contributed by atoms with Crippen LogP contribution >= 0.6 is 0 Å². The highest BCUT2D eigenvalue weighted by atomic mass is 19.1. The minimum atomic E-state index is -0.818. The van der Waals surface area contributed by atoms with Crippen molar-refractivity contribution in [2.24, 2.45) is 0 Å². The minimum Gasteiger partial charge on any atom is -0.369 e. The Morgan fingerprint density at radius 3 is 2.80 bits per heavy atom. The first kappa shape index (κ1) is 6.73. The van der Waals surface area contributed by atoms with Crippen molar-refractivity contribution >= 4 is 5.95 Å². The van der Waals surface area contributed by atoms with E-state index in [0.717, 1.165) is 0 Å². The van der Waals surface area contributed by atoms with Gasteiger partial charge in [0.2, 0.25) is 11.9 Å². The molecular weight excluding hydrogens is 137 g/mol. The van der Waals surface area contributed by atoms with E-state index in [0.29, 0.717) is 0 Å². The van der Waals surface area contributed by atoms with Crippen LogP contribution in [0.3, 0.4) is 0 Å². The smallest absolute Gasteiger partial charge is 0.258 e. The number of rotatable bonds is 0. The lowest BCUT2D eigenvalue weighted by Gasteiger charge is -1.93. The van der Waals surface area contributed by atoms with Crippen LogP contribution in [-0.2, 0) is 0 Å². The van der Waals surface area contributed by atoms with Crippen molar-refractivity contribution < 1.29 is 4.39 Å². The summed E-state index contributed by atoms with van der Waals surface area (Å²) >= 11 is 0. The molecule has 0 unspecified atom stereocenters. The van der Waals surface area contributed by atoms with Gasteiger partial charge in [0, 0.05) is 0 Å². The molecule has 0 atom stereocenters. The number of hydrogen-bond donors (Lipinski definition) is 2. The van der Waals surface area contributed by atoms with Crippen LogP contribution < -0.4 is 11.3 Å². The van der Waals surface area contributed by atoms with Gasteiger partial charge in [-0.2, -0.15) is 9.37 Å². The van der Waals surface area contributed by atoms with E-state index in [1.807, 2.05) is 0 Å². The van der Waals surface area contributed by atoms with E-state index in [2.05, 4.69) is 9.97 Å². The molecular formula is C5H6FN3O. The fourth-order valence-corrected chi connectivity index (χ4v) is 0.521. The number of nitrogens with one attached hydrogen (secondary N) is 1. The van der Waals surface area contributed by atoms with E-state index in [1.54, 1.807) is 0 Å². The number of anilines is 1. The predicted octanol–water partition coefficient (Wildman–Crippen LogP) is -0.200. The molecule has 1 aromatic heterocycles. The maximum absolute atomic E-state index is 12.4. The standard InChI is InChI=1S/C5H6FN3O/c1-2-3(6)8-5(7)9-4(2)10/h1H3,(H3,7,8,9,10). The molecule has 0 aliphatic carbocycles. The number of H-pyrrole nitrogens is 1. The Morgan fingerprint density at radius 1 is 1.70 bits per heavy atom. The van der Waals surface area contributed by atoms with Crippen molar-refractivity contribution in [3.8, 4) is 0 Å². The topological polar surface area (TPSA) is 71.8 Å². The normalized spacial score (nSPS) is 9.80. The fraction of sp³-hybridized carbons (Fsp3) is 0.200. The lowest BCUT2D eigenvalue weighted by Crippen LogP contribution is -2.15. The summed E-state index contributed by atoms with van der Waals surface area (Å²) in [5.74, 6) is -1.02. The highest BCUT2D eigenvalue weighted by Gasteiger charge is 2.02. The zero-order chi connectivity index (χ0) is 7.72. The molecule has 5 heteroatoms. The molecule has 1 aromatic rings. The van der Waals surface area contributed by atoms with E-state index in [1.165, 1.54) is 6.92 Å². The molecule has 4 nitrogen and oxygen atoms in total. The average molecular weight is 143 g/mol. The summed E-state index contributed by atoms with van der Waals surface area (Å²) < 4.78 is 12.4. The van der Waals surface area contributed by atoms with Crippen LogP contribution in [0.1, 0.15) is 5.56 Å². The van der Waals surface area contributed by atoms with Gasteiger partial charge in [-0.05, 0) is 6.92 Å². The van der Waals surface area contributed by atoms with Crippen LogP contribution in [-0.4, -0.2) is 9.97 Å². The molecule has 0 spiro atoms. The molecule has 0 bridgehead atoms. The van der Waals surface area contributed by atoms with Gasteiger partial charge >= 0.3 is 0 Å². The second-order valence-electron chi connectivity index (χ2n) is 1.87. The van der Waals surface area contributed by atoms with Crippen LogP contribution in [0.2, 0.25) is 0 Å². The minimum absolute atomic E-state index is 0.0470. The SMILES string of the molecule is Cc1c(F)nc(N)[nH]c1=O. The third-order valence-electron chi connectivity index (χ3n) is 1.11. The Bertz CT molecular complexity index is 306. The first-order chi connectivity index (χ1) is 4.61. The Balaban J connectivity index is 3.46. The predicted molar refractivity (Wildman–Crippen MR) is 34.0 cm³/mol. The number of nitrogen functional groups attached to an aromatic ring is 1. The lowest BCUT2D eigenvalue weighted by molar-refractivity contribution is 0.569. The van der Waals surface area contributed by atoms with Crippen molar-refractivity contribution in [3.63, 3.8) is 0 Å². The Hall–Kier alpha value is -1.39. The van der Waals surface area contributed by atoms with Gasteiger partial charge in [0.25, 0.3) is 5.56 Å². The molecule has 1 heterocycles. The monoisotopic (exact) mass is 143 g/mol. The fourth-order valence-electron chi connectivity index (χ4n) is 0.521. The summed E-state index contributed by atoms with van der Waals surface area (Å²) in [4.78, 5) is 16.0. The Morgan fingerprint density at radius 2 is 2.30 bits per heavy atom. The highest BCUT2D eigenvalue weighted by Crippen LogP contribution is 1.95. The third kappa shape index (κ3) is 0.975. The van der Waals surface area contributed by atoms with Gasteiger partial charge in [-0.3, -0.25) is 9.78 Å². The lowest BCUT2D eigenvalue weighted by atomic mass is 10.4. The summed E-state index contributed by atoms with van der Waals surface area (Å²) in [5.41, 5.74) is 4.44. The molecule has 0 saturated heterocycles. The van der Waals surface area contributed by atoms with Gasteiger partial charge in [-0.25, -0.2) is 0 Å². The Kier molecular flexibility index (Phi) is 1.41. The summed E-state index contributed by atoms with van der Waals surface area (Å²) in [6, 6.07) is 0. The van der Waals surface area contributed by atoms with E-state index in [-0.39, 0.29) is 11.5 Å². The summed E-state index contributed by atoms with van der Waals surface area (Å²) in [6.45, 7) is 1.33. The largest absolute Gasteiger partial charge is 0.369 e. The van der Waals surface area contributed by atoms with Crippen molar-refractivity contribution in [2.75, 3.05) is 5.73 Å². The number of nitrogens with two attached hydrogens (primary N) is 1. The second-order valence-corrected chi connectivity index (χ2v) is 1.87. The van der Waals surface area contributed by atoms with Gasteiger partial charge < -0.3 is 5.73 Å². The van der Waals surface area contributed by atoms with Gasteiger partial charge in [0.15, 0.2) is 0 Å². The number of aromatic nitrogens is 2. The van der Waals surface area contributed by atoms with Gasteiger partial charge in [0.05, 0.1) is 5.56 Å². The summed E-state index contributed by atoms with van der Waals surface area (Å²) in [7, 11) is 0. The van der Waals surface area contributed by atoms with Gasteiger partial charge in [-0.15, -0.1) is 0 Å². The average Bonchev–Trinajstić information content (AvgIpc) is 1.82. The van der Waals surface area contributed by atoms with Crippen molar-refractivity contribution in [2.45, 2.75) is 6.92 Å². The summed E-state index contributed by atoms with van der Waals surface area (Å²) in [6.07, 6.45) is 0. The number of aromatic amines is 1. The maximum Gasteiger partial charge on any atom is 0.258 e. The van der Waals surface area contributed by atoms with Crippen LogP contribution in [0.15, 0.2) is 4.79 Å². The molecule has 10 heavy (non-hydrogen) atoms. The van der Waals surface area contributed by atoms with E-state index in [9.17, 15) is 9.18 Å². The van der Waals surface area contributed by atoms with Crippen LogP contribution in [0, 0.1) is 12.9 Å². The van der Waals surface area contributed by atoms with Crippen LogP contribution in [0.25, 0.3) is 0 Å². The zero-order valence-electron chi connectivity index (χ0n) is 5.31. The highest BCUT2D eigenvalue weighted by molar-refractivity contribution is 5.17. The third-order valence-corrected chi connectivity index (χ3v) is 1.11. The second kappa shape index (κ2) is 2.09. The van der Waals surface area contributed by atoms with Crippen LogP contribution in [0.5, 0.6) is 0 Å². The molecule has 3 N–H and O–H groups in total. The van der Waals surface area contributed by atoms with E-state index < -0.39 is 11.5 Å². The Labute approximate surface area is 55.9 Å². The van der Waals surface area contributed by atoms with Crippen molar-refractivity contribution in [1.82, 2.24) is 9.97 Å². The summed E-state index contributed by atoms with van der Waals surface area (Å²) in [5, 5.41) is 0. The van der Waals surface area contributed by atoms with E-state index in [4.69, 9.17) is 5.73 Å². The molecule has 54 valence electrons. The van der Waals surface area contributed by atoms with Crippen molar-refractivity contribution in [1.29, 1.82) is 0 Å². The molecule has 0 aliphatic rings. The number of halogens is 1. The first-order valence-electron chi connectivity index (χ1n) is 2.63. The molecule has 0 saturated carbocycles. The van der Waals surface area contributed by atoms with Crippen molar-refractivity contribution in [3.05, 3.63) is 21.9 Å². The number of nitrogens with zero attached hydrogens (tertiary/aromatic N) is 1. The molecule has 0 radical (unpaired) electrons. The van der Waals surface area contributed by atoms with Crippen LogP contribution in [0.4, 0.5) is 10.3 Å². The first-order valence-corrected chi connectivity index (χ1v) is 2.63.